The highest BCUT2D eigenvalue weighted by Gasteiger charge is 2.04. The number of hydrogen-bond acceptors (Lipinski definition) is 2. The van der Waals surface area contributed by atoms with Crippen molar-refractivity contribution in [3.8, 4) is 0 Å². The molecule has 2 N–H and O–H groups in total. The third-order valence-electron chi connectivity index (χ3n) is 3.28. The largest absolute Gasteiger partial charge is 0.361 e. The molecule has 0 aliphatic heterocycles. The molecule has 1 unspecified atom stereocenters. The predicted molar refractivity (Wildman–Crippen MR) is 94.3 cm³/mol. The zero-order chi connectivity index (χ0) is 15.6. The first-order valence-corrected chi connectivity index (χ1v) is 7.88. The standard InChI is InChI=1S/C18H22N2OS/c1-15(12-16-8-4-2-5-9-16)13-19-18(22)20-21-14-17-10-6-3-7-11-17/h2-11,15H,12-14H2,1H3,(H2,19,20,22). The molecule has 0 saturated heterocycles. The molecular formula is C18H22N2OS. The van der Waals surface area contributed by atoms with Gasteiger partial charge in [-0.05, 0) is 35.7 Å². The van der Waals surface area contributed by atoms with Gasteiger partial charge in [-0.3, -0.25) is 4.84 Å². The molecule has 1 atom stereocenters. The van der Waals surface area contributed by atoms with Crippen LogP contribution in [0.25, 0.3) is 0 Å². The van der Waals surface area contributed by atoms with Crippen LogP contribution in [0.1, 0.15) is 18.1 Å². The normalized spacial score (nSPS) is 11.7. The number of thiocarbonyl (C=S) groups is 1. The van der Waals surface area contributed by atoms with Gasteiger partial charge in [-0.25, -0.2) is 5.48 Å². The molecule has 4 heteroatoms. The molecule has 3 nitrogen and oxygen atoms in total. The van der Waals surface area contributed by atoms with E-state index >= 15 is 0 Å². The Bertz CT molecular complexity index is 560. The predicted octanol–water partition coefficient (Wildman–Crippen LogP) is 3.46. The second-order valence-corrected chi connectivity index (χ2v) is 5.79. The molecule has 0 spiro atoms. The van der Waals surface area contributed by atoms with Crippen LogP contribution in [0.15, 0.2) is 60.7 Å². The average Bonchev–Trinajstić information content (AvgIpc) is 2.55. The summed E-state index contributed by atoms with van der Waals surface area (Å²) in [5.41, 5.74) is 5.22. The van der Waals surface area contributed by atoms with Gasteiger partial charge in [-0.15, -0.1) is 0 Å². The third-order valence-corrected chi connectivity index (χ3v) is 3.51. The lowest BCUT2D eigenvalue weighted by Crippen LogP contribution is -2.37. The summed E-state index contributed by atoms with van der Waals surface area (Å²) >= 11 is 5.21. The molecule has 0 aliphatic rings. The third kappa shape index (κ3) is 6.24. The molecule has 116 valence electrons. The van der Waals surface area contributed by atoms with Crippen LogP contribution in [0, 0.1) is 5.92 Å². The summed E-state index contributed by atoms with van der Waals surface area (Å²) in [5, 5.41) is 3.71. The van der Waals surface area contributed by atoms with E-state index < -0.39 is 0 Å². The van der Waals surface area contributed by atoms with Gasteiger partial charge in [0.1, 0.15) is 0 Å². The topological polar surface area (TPSA) is 33.3 Å². The van der Waals surface area contributed by atoms with Gasteiger partial charge >= 0.3 is 0 Å². The molecule has 2 aromatic carbocycles. The Morgan fingerprint density at radius 3 is 2.23 bits per heavy atom. The van der Waals surface area contributed by atoms with Crippen LogP contribution in [0.2, 0.25) is 0 Å². The lowest BCUT2D eigenvalue weighted by Gasteiger charge is -2.15. The van der Waals surface area contributed by atoms with E-state index in [9.17, 15) is 0 Å². The number of rotatable bonds is 7. The monoisotopic (exact) mass is 314 g/mol. The smallest absolute Gasteiger partial charge is 0.190 e. The summed E-state index contributed by atoms with van der Waals surface area (Å²) < 4.78 is 0. The molecule has 0 radical (unpaired) electrons. The number of hydroxylamine groups is 1. The summed E-state index contributed by atoms with van der Waals surface area (Å²) in [7, 11) is 0. The first-order valence-electron chi connectivity index (χ1n) is 7.47. The maximum atomic E-state index is 5.38. The molecule has 0 bridgehead atoms. The van der Waals surface area contributed by atoms with E-state index in [4.69, 9.17) is 17.1 Å². The quantitative estimate of drug-likeness (QED) is 0.606. The highest BCUT2D eigenvalue weighted by molar-refractivity contribution is 7.80. The Balaban J connectivity index is 1.61. The number of nitrogens with one attached hydrogen (secondary N) is 2. The van der Waals surface area contributed by atoms with E-state index in [0.29, 0.717) is 17.6 Å². The van der Waals surface area contributed by atoms with Crippen molar-refractivity contribution < 1.29 is 4.84 Å². The van der Waals surface area contributed by atoms with Crippen molar-refractivity contribution in [2.45, 2.75) is 20.0 Å². The minimum atomic E-state index is 0.488. The van der Waals surface area contributed by atoms with Crippen LogP contribution in [0.3, 0.4) is 0 Å². The minimum Gasteiger partial charge on any atom is -0.361 e. The fourth-order valence-electron chi connectivity index (χ4n) is 2.15. The second kappa shape index (κ2) is 9.18. The van der Waals surface area contributed by atoms with Crippen LogP contribution in [-0.4, -0.2) is 11.7 Å². The van der Waals surface area contributed by atoms with Gasteiger partial charge in [-0.1, -0.05) is 67.6 Å². The van der Waals surface area contributed by atoms with E-state index in [1.807, 2.05) is 36.4 Å². The lowest BCUT2D eigenvalue weighted by atomic mass is 10.0. The van der Waals surface area contributed by atoms with Gasteiger partial charge in [0.25, 0.3) is 0 Å². The lowest BCUT2D eigenvalue weighted by molar-refractivity contribution is 0.0705. The average molecular weight is 314 g/mol. The molecule has 0 saturated carbocycles. The number of hydrogen-bond donors (Lipinski definition) is 2. The van der Waals surface area contributed by atoms with Crippen molar-refractivity contribution in [3.63, 3.8) is 0 Å². The van der Waals surface area contributed by atoms with Gasteiger partial charge in [0.15, 0.2) is 5.11 Å². The first kappa shape index (κ1) is 16.5. The summed E-state index contributed by atoms with van der Waals surface area (Å²) in [6, 6.07) is 20.5. The Labute approximate surface area is 137 Å². The highest BCUT2D eigenvalue weighted by Crippen LogP contribution is 2.07. The molecule has 0 aromatic heterocycles. The van der Waals surface area contributed by atoms with Gasteiger partial charge in [0, 0.05) is 6.54 Å². The summed E-state index contributed by atoms with van der Waals surface area (Å²) in [5.74, 6) is 0.497. The molecular weight excluding hydrogens is 292 g/mol. The van der Waals surface area contributed by atoms with Gasteiger partial charge in [0.05, 0.1) is 6.61 Å². The van der Waals surface area contributed by atoms with Crippen molar-refractivity contribution in [2.75, 3.05) is 6.54 Å². The fourth-order valence-corrected chi connectivity index (χ4v) is 2.29. The Kier molecular flexibility index (Phi) is 6.87. The van der Waals surface area contributed by atoms with Gasteiger partial charge < -0.3 is 5.32 Å². The summed E-state index contributed by atoms with van der Waals surface area (Å²) in [4.78, 5) is 5.38. The number of benzene rings is 2. The highest BCUT2D eigenvalue weighted by atomic mass is 32.1. The van der Waals surface area contributed by atoms with Crippen LogP contribution < -0.4 is 10.8 Å². The van der Waals surface area contributed by atoms with Crippen LogP contribution in [0.4, 0.5) is 0 Å². The molecule has 22 heavy (non-hydrogen) atoms. The van der Waals surface area contributed by atoms with Crippen molar-refractivity contribution in [3.05, 3.63) is 71.8 Å². The van der Waals surface area contributed by atoms with Gasteiger partial charge in [-0.2, -0.15) is 0 Å². The molecule has 2 rings (SSSR count). The molecule has 0 aliphatic carbocycles. The van der Waals surface area contributed by atoms with E-state index in [2.05, 4.69) is 42.0 Å². The summed E-state index contributed by atoms with van der Waals surface area (Å²) in [6.07, 6.45) is 1.03. The van der Waals surface area contributed by atoms with E-state index in [0.717, 1.165) is 18.5 Å². The Morgan fingerprint density at radius 1 is 1.00 bits per heavy atom. The second-order valence-electron chi connectivity index (χ2n) is 5.38. The zero-order valence-corrected chi connectivity index (χ0v) is 13.6. The fraction of sp³-hybridized carbons (Fsp3) is 0.278. The van der Waals surface area contributed by atoms with Crippen LogP contribution in [0.5, 0.6) is 0 Å². The van der Waals surface area contributed by atoms with E-state index in [1.165, 1.54) is 5.56 Å². The first-order chi connectivity index (χ1) is 10.7. The zero-order valence-electron chi connectivity index (χ0n) is 12.8. The summed E-state index contributed by atoms with van der Waals surface area (Å²) in [6.45, 7) is 3.51. The van der Waals surface area contributed by atoms with Crippen molar-refractivity contribution in [2.24, 2.45) is 5.92 Å². The van der Waals surface area contributed by atoms with E-state index in [1.54, 1.807) is 0 Å². The Hall–Kier alpha value is -1.91. The van der Waals surface area contributed by atoms with Gasteiger partial charge in [0.2, 0.25) is 0 Å². The molecule has 2 aromatic rings. The molecule has 0 fully saturated rings. The minimum absolute atomic E-state index is 0.488. The maximum Gasteiger partial charge on any atom is 0.190 e. The van der Waals surface area contributed by atoms with Crippen molar-refractivity contribution >= 4 is 17.3 Å². The molecule has 0 heterocycles. The SMILES string of the molecule is CC(CNC(=S)NOCc1ccccc1)Cc1ccccc1. The molecule has 0 amide bonds. The maximum absolute atomic E-state index is 5.38. The Morgan fingerprint density at radius 2 is 1.59 bits per heavy atom. The van der Waals surface area contributed by atoms with Crippen LogP contribution in [-0.2, 0) is 17.9 Å². The van der Waals surface area contributed by atoms with Crippen molar-refractivity contribution in [1.29, 1.82) is 0 Å². The van der Waals surface area contributed by atoms with E-state index in [-0.39, 0.29) is 0 Å². The van der Waals surface area contributed by atoms with Crippen molar-refractivity contribution in [1.82, 2.24) is 10.8 Å². The van der Waals surface area contributed by atoms with Crippen LogP contribution >= 0.6 is 12.2 Å².